The summed E-state index contributed by atoms with van der Waals surface area (Å²) in [5.74, 6) is 0.229. The summed E-state index contributed by atoms with van der Waals surface area (Å²) in [4.78, 5) is 35.4. The summed E-state index contributed by atoms with van der Waals surface area (Å²) in [5, 5.41) is 5.98. The molecule has 2 aliphatic rings. The van der Waals surface area contributed by atoms with Gasteiger partial charge in [0.25, 0.3) is 0 Å². The van der Waals surface area contributed by atoms with E-state index in [1.807, 2.05) is 36.7 Å². The van der Waals surface area contributed by atoms with Gasteiger partial charge in [-0.3, -0.25) is 9.59 Å². The maximum absolute atomic E-state index is 13.0. The second kappa shape index (κ2) is 8.10. The maximum atomic E-state index is 13.0. The molecule has 0 unspecified atom stereocenters. The first-order chi connectivity index (χ1) is 14.0. The Balaban J connectivity index is 1.50. The lowest BCUT2D eigenvalue weighted by molar-refractivity contribution is -0.134. The third kappa shape index (κ3) is 3.85. The van der Waals surface area contributed by atoms with Gasteiger partial charge in [0.05, 0.1) is 18.2 Å². The van der Waals surface area contributed by atoms with Crippen LogP contribution in [-0.2, 0) is 16.1 Å². The molecule has 2 aromatic rings. The third-order valence-corrected chi connectivity index (χ3v) is 6.13. The first kappa shape index (κ1) is 19.8. The van der Waals surface area contributed by atoms with Crippen molar-refractivity contribution in [3.63, 3.8) is 0 Å². The van der Waals surface area contributed by atoms with E-state index in [0.717, 1.165) is 42.8 Å². The topological polar surface area (TPSA) is 74.6 Å². The molecular formula is C21H30N6O2. The molecule has 8 heteroatoms. The van der Waals surface area contributed by atoms with Crippen LogP contribution >= 0.6 is 0 Å². The summed E-state index contributed by atoms with van der Waals surface area (Å²) in [7, 11) is 4.10. The van der Waals surface area contributed by atoms with Crippen molar-refractivity contribution < 1.29 is 9.59 Å². The van der Waals surface area contributed by atoms with Gasteiger partial charge in [0.1, 0.15) is 0 Å². The third-order valence-electron chi connectivity index (χ3n) is 6.13. The van der Waals surface area contributed by atoms with Crippen LogP contribution in [0, 0.1) is 5.92 Å². The number of pyridine rings is 1. The van der Waals surface area contributed by atoms with Crippen molar-refractivity contribution in [3.8, 4) is 0 Å². The van der Waals surface area contributed by atoms with Gasteiger partial charge in [0, 0.05) is 56.6 Å². The van der Waals surface area contributed by atoms with Gasteiger partial charge in [-0.25, -0.2) is 9.67 Å². The average Bonchev–Trinajstić information content (AvgIpc) is 3.42. The van der Waals surface area contributed by atoms with E-state index < -0.39 is 0 Å². The van der Waals surface area contributed by atoms with Crippen molar-refractivity contribution in [2.75, 3.05) is 46.8 Å². The Kier molecular flexibility index (Phi) is 5.54. The minimum atomic E-state index is -0.197. The molecule has 0 aliphatic carbocycles. The van der Waals surface area contributed by atoms with Crippen molar-refractivity contribution in [1.82, 2.24) is 29.5 Å². The Morgan fingerprint density at radius 2 is 2.14 bits per heavy atom. The van der Waals surface area contributed by atoms with Crippen LogP contribution in [0.4, 0.5) is 0 Å². The molecule has 0 saturated carbocycles. The van der Waals surface area contributed by atoms with Gasteiger partial charge < -0.3 is 14.7 Å². The number of hydrogen-bond acceptors (Lipinski definition) is 5. The fourth-order valence-electron chi connectivity index (χ4n) is 4.47. The van der Waals surface area contributed by atoms with E-state index in [2.05, 4.69) is 16.0 Å². The zero-order valence-corrected chi connectivity index (χ0v) is 17.5. The van der Waals surface area contributed by atoms with E-state index in [1.54, 1.807) is 11.1 Å². The summed E-state index contributed by atoms with van der Waals surface area (Å²) in [5.41, 5.74) is 1.95. The Labute approximate surface area is 171 Å². The van der Waals surface area contributed by atoms with Gasteiger partial charge in [-0.05, 0) is 39.6 Å². The molecule has 29 heavy (non-hydrogen) atoms. The summed E-state index contributed by atoms with van der Waals surface area (Å²) in [6, 6.07) is 4.03. The van der Waals surface area contributed by atoms with Crippen molar-refractivity contribution >= 4 is 22.8 Å². The van der Waals surface area contributed by atoms with Crippen LogP contribution in [0.3, 0.4) is 0 Å². The standard InChI is InChI=1S/C21H30N6O2/c1-4-25-14-16(12-18(25)28)21(29)26-9-7-15(13-26)19-17-6-5-8-22-20(17)27(23-19)11-10-24(2)3/h5-6,8,15-16H,4,7,9-14H2,1-3H3/t15-,16+/m0/s1. The number of likely N-dealkylation sites (tertiary alicyclic amines) is 2. The highest BCUT2D eigenvalue weighted by Gasteiger charge is 2.39. The van der Waals surface area contributed by atoms with E-state index >= 15 is 0 Å². The molecule has 0 bridgehead atoms. The average molecular weight is 399 g/mol. The van der Waals surface area contributed by atoms with E-state index in [9.17, 15) is 9.59 Å². The number of carbonyl (C=O) groups is 2. The van der Waals surface area contributed by atoms with Crippen molar-refractivity contribution in [2.24, 2.45) is 5.92 Å². The minimum Gasteiger partial charge on any atom is -0.342 e. The Morgan fingerprint density at radius 1 is 1.31 bits per heavy atom. The van der Waals surface area contributed by atoms with Crippen LogP contribution in [0.1, 0.15) is 31.4 Å². The number of aromatic nitrogens is 3. The molecule has 2 amide bonds. The van der Waals surface area contributed by atoms with Crippen molar-refractivity contribution in [3.05, 3.63) is 24.0 Å². The smallest absolute Gasteiger partial charge is 0.228 e. The molecular weight excluding hydrogens is 368 g/mol. The lowest BCUT2D eigenvalue weighted by atomic mass is 10.0. The molecule has 156 valence electrons. The highest BCUT2D eigenvalue weighted by molar-refractivity contribution is 5.89. The molecule has 0 spiro atoms. The number of hydrogen-bond donors (Lipinski definition) is 0. The number of amides is 2. The van der Waals surface area contributed by atoms with Gasteiger partial charge in [0.2, 0.25) is 11.8 Å². The van der Waals surface area contributed by atoms with Crippen LogP contribution in [0.5, 0.6) is 0 Å². The second-order valence-electron chi connectivity index (χ2n) is 8.39. The van der Waals surface area contributed by atoms with Crippen LogP contribution in [-0.4, -0.2) is 88.1 Å². The summed E-state index contributed by atoms with van der Waals surface area (Å²) < 4.78 is 1.99. The first-order valence-corrected chi connectivity index (χ1v) is 10.5. The molecule has 2 aliphatic heterocycles. The molecule has 0 aromatic carbocycles. The lowest BCUT2D eigenvalue weighted by Gasteiger charge is -2.20. The van der Waals surface area contributed by atoms with E-state index in [0.29, 0.717) is 26.1 Å². The highest BCUT2D eigenvalue weighted by Crippen LogP contribution is 2.33. The van der Waals surface area contributed by atoms with Crippen molar-refractivity contribution in [2.45, 2.75) is 32.2 Å². The van der Waals surface area contributed by atoms with Gasteiger partial charge in [-0.15, -0.1) is 0 Å². The SMILES string of the molecule is CCN1C[C@H](C(=O)N2CC[C@H](c3nn(CCN(C)C)c4ncccc34)C2)CC1=O. The Hall–Kier alpha value is -2.48. The summed E-state index contributed by atoms with van der Waals surface area (Å²) >= 11 is 0. The molecule has 8 nitrogen and oxygen atoms in total. The second-order valence-corrected chi connectivity index (χ2v) is 8.39. The van der Waals surface area contributed by atoms with Crippen LogP contribution < -0.4 is 0 Å². The molecule has 2 aromatic heterocycles. The zero-order valence-electron chi connectivity index (χ0n) is 17.5. The Bertz CT molecular complexity index is 908. The zero-order chi connectivity index (χ0) is 20.5. The minimum absolute atomic E-state index is 0.0956. The molecule has 2 atom stereocenters. The number of carbonyl (C=O) groups excluding carboxylic acids is 2. The number of rotatable bonds is 6. The summed E-state index contributed by atoms with van der Waals surface area (Å²) in [6.45, 7) is 6.27. The van der Waals surface area contributed by atoms with Crippen LogP contribution in [0.2, 0.25) is 0 Å². The molecule has 0 radical (unpaired) electrons. The largest absolute Gasteiger partial charge is 0.342 e. The van der Waals surface area contributed by atoms with Gasteiger partial charge in [-0.2, -0.15) is 5.10 Å². The normalized spacial score (nSPS) is 22.4. The predicted octanol–water partition coefficient (Wildman–Crippen LogP) is 1.18. The molecule has 0 N–H and O–H groups in total. The molecule has 4 rings (SSSR count). The molecule has 2 saturated heterocycles. The quantitative estimate of drug-likeness (QED) is 0.730. The van der Waals surface area contributed by atoms with E-state index in [1.165, 1.54) is 0 Å². The maximum Gasteiger partial charge on any atom is 0.228 e. The molecule has 2 fully saturated rings. The van der Waals surface area contributed by atoms with Crippen molar-refractivity contribution in [1.29, 1.82) is 0 Å². The number of likely N-dealkylation sites (N-methyl/N-ethyl adjacent to an activating group) is 1. The summed E-state index contributed by atoms with van der Waals surface area (Å²) in [6.07, 6.45) is 3.06. The monoisotopic (exact) mass is 398 g/mol. The fourth-order valence-corrected chi connectivity index (χ4v) is 4.47. The molecule has 4 heterocycles. The lowest BCUT2D eigenvalue weighted by Crippen LogP contribution is -2.35. The van der Waals surface area contributed by atoms with E-state index in [-0.39, 0.29) is 23.7 Å². The van der Waals surface area contributed by atoms with Crippen LogP contribution in [0.25, 0.3) is 11.0 Å². The number of fused-ring (bicyclic) bond motifs is 1. The number of nitrogens with zero attached hydrogens (tertiary/aromatic N) is 6. The first-order valence-electron chi connectivity index (χ1n) is 10.5. The van der Waals surface area contributed by atoms with Gasteiger partial charge >= 0.3 is 0 Å². The van der Waals surface area contributed by atoms with E-state index in [4.69, 9.17) is 5.10 Å². The highest BCUT2D eigenvalue weighted by atomic mass is 16.2. The Morgan fingerprint density at radius 3 is 2.86 bits per heavy atom. The van der Waals surface area contributed by atoms with Crippen LogP contribution in [0.15, 0.2) is 18.3 Å². The predicted molar refractivity (Wildman–Crippen MR) is 110 cm³/mol. The van der Waals surface area contributed by atoms with Gasteiger partial charge in [0.15, 0.2) is 5.65 Å². The van der Waals surface area contributed by atoms with Gasteiger partial charge in [-0.1, -0.05) is 0 Å². The fraction of sp³-hybridized carbons (Fsp3) is 0.619.